The van der Waals surface area contributed by atoms with Gasteiger partial charge in [0.15, 0.2) is 0 Å². The molecule has 0 saturated heterocycles. The van der Waals surface area contributed by atoms with Crippen LogP contribution in [0.1, 0.15) is 71.1 Å². The number of unbranched alkanes of at least 4 members (excludes halogenated alkanes) is 4. The molecule has 0 saturated carbocycles. The van der Waals surface area contributed by atoms with Crippen LogP contribution in [0.4, 0.5) is 0 Å². The van der Waals surface area contributed by atoms with Crippen molar-refractivity contribution in [2.45, 2.75) is 95.5 Å². The highest BCUT2D eigenvalue weighted by atomic mass is 16.6. The smallest absolute Gasteiger partial charge is 0.306 e. The predicted molar refractivity (Wildman–Crippen MR) is 100 cm³/mol. The Balaban J connectivity index is 2.65. The zero-order valence-electron chi connectivity index (χ0n) is 16.4. The van der Waals surface area contributed by atoms with Gasteiger partial charge in [0.25, 0.3) is 0 Å². The van der Waals surface area contributed by atoms with E-state index in [1.165, 1.54) is 12.2 Å². The van der Waals surface area contributed by atoms with Crippen LogP contribution in [0.2, 0.25) is 0 Å². The number of rotatable bonds is 10. The summed E-state index contributed by atoms with van der Waals surface area (Å²) in [4.78, 5) is 34.3. The van der Waals surface area contributed by atoms with Crippen LogP contribution in [0.3, 0.4) is 0 Å². The van der Waals surface area contributed by atoms with Crippen LogP contribution in [-0.2, 0) is 23.9 Å². The molecule has 0 aromatic heterocycles. The number of carbonyl (C=O) groups is 3. The van der Waals surface area contributed by atoms with Gasteiger partial charge in [-0.3, -0.25) is 14.4 Å². The van der Waals surface area contributed by atoms with E-state index in [4.69, 9.17) is 14.6 Å². The van der Waals surface area contributed by atoms with E-state index in [1.54, 1.807) is 0 Å². The number of ether oxygens (including phenoxy) is 2. The Hall–Kier alpha value is -1.93. The molecular formula is C20H32O8. The maximum Gasteiger partial charge on any atom is 0.306 e. The van der Waals surface area contributed by atoms with E-state index >= 15 is 0 Å². The van der Waals surface area contributed by atoms with Crippen LogP contribution >= 0.6 is 0 Å². The van der Waals surface area contributed by atoms with Gasteiger partial charge >= 0.3 is 17.9 Å². The molecule has 0 aromatic rings. The minimum Gasteiger partial charge on any atom is -0.481 e. The third-order valence-corrected chi connectivity index (χ3v) is 4.59. The van der Waals surface area contributed by atoms with Gasteiger partial charge in [0.1, 0.15) is 24.4 Å². The Bertz CT molecular complexity index is 530. The van der Waals surface area contributed by atoms with Crippen LogP contribution in [-0.4, -0.2) is 57.6 Å². The first-order chi connectivity index (χ1) is 13.3. The molecule has 0 aromatic carbocycles. The minimum absolute atomic E-state index is 0.0175. The number of esters is 2. The fraction of sp³-hybridized carbons (Fsp3) is 0.750. The van der Waals surface area contributed by atoms with Crippen molar-refractivity contribution in [3.63, 3.8) is 0 Å². The highest BCUT2D eigenvalue weighted by Crippen LogP contribution is 2.19. The topological polar surface area (TPSA) is 130 Å². The fourth-order valence-corrected chi connectivity index (χ4v) is 2.94. The number of cyclic esters (lactones) is 1. The third-order valence-electron chi connectivity index (χ3n) is 4.59. The maximum absolute atomic E-state index is 12.1. The number of aliphatic carboxylic acids is 1. The normalized spacial score (nSPS) is 26.9. The summed E-state index contributed by atoms with van der Waals surface area (Å²) in [7, 11) is 0. The molecule has 0 radical (unpaired) electrons. The van der Waals surface area contributed by atoms with Crippen LogP contribution in [0.25, 0.3) is 0 Å². The lowest BCUT2D eigenvalue weighted by Crippen LogP contribution is -2.40. The van der Waals surface area contributed by atoms with E-state index in [-0.39, 0.29) is 25.7 Å². The minimum atomic E-state index is -1.27. The van der Waals surface area contributed by atoms with Crippen molar-refractivity contribution in [1.82, 2.24) is 0 Å². The van der Waals surface area contributed by atoms with Crippen molar-refractivity contribution in [3.8, 4) is 0 Å². The Labute approximate surface area is 165 Å². The van der Waals surface area contributed by atoms with Gasteiger partial charge in [-0.2, -0.15) is 0 Å². The molecular weight excluding hydrogens is 368 g/mol. The largest absolute Gasteiger partial charge is 0.481 e. The van der Waals surface area contributed by atoms with E-state index in [9.17, 15) is 24.6 Å². The van der Waals surface area contributed by atoms with E-state index in [0.29, 0.717) is 6.42 Å². The number of aliphatic hydroxyl groups is 2. The molecule has 28 heavy (non-hydrogen) atoms. The molecule has 3 N–H and O–H groups in total. The summed E-state index contributed by atoms with van der Waals surface area (Å²) in [5, 5.41) is 29.1. The Kier molecular flexibility index (Phi) is 11.4. The van der Waals surface area contributed by atoms with Gasteiger partial charge in [0.2, 0.25) is 0 Å². The number of carbonyl (C=O) groups excluding carboxylic acids is 2. The molecule has 1 heterocycles. The highest BCUT2D eigenvalue weighted by molar-refractivity contribution is 5.76. The average Bonchev–Trinajstić information content (AvgIpc) is 2.65. The lowest BCUT2D eigenvalue weighted by Gasteiger charge is -2.27. The van der Waals surface area contributed by atoms with Crippen LogP contribution in [0, 0.1) is 0 Å². The lowest BCUT2D eigenvalue weighted by molar-refractivity contribution is -0.161. The first kappa shape index (κ1) is 24.1. The first-order valence-corrected chi connectivity index (χ1v) is 9.98. The summed E-state index contributed by atoms with van der Waals surface area (Å²) in [5.74, 6) is -2.35. The molecule has 1 aliphatic heterocycles. The summed E-state index contributed by atoms with van der Waals surface area (Å²) in [6, 6.07) is 0. The predicted octanol–water partition coefficient (Wildman–Crippen LogP) is 2.11. The summed E-state index contributed by atoms with van der Waals surface area (Å²) >= 11 is 0. The zero-order valence-corrected chi connectivity index (χ0v) is 16.4. The van der Waals surface area contributed by atoms with Crippen molar-refractivity contribution in [1.29, 1.82) is 0 Å². The van der Waals surface area contributed by atoms with Crippen molar-refractivity contribution >= 4 is 17.9 Å². The van der Waals surface area contributed by atoms with E-state index in [2.05, 4.69) is 6.92 Å². The third kappa shape index (κ3) is 9.85. The number of carboxylic acids is 1. The molecule has 0 unspecified atom stereocenters. The molecule has 0 aliphatic carbocycles. The summed E-state index contributed by atoms with van der Waals surface area (Å²) in [6.45, 7) is 2.12. The molecule has 0 fully saturated rings. The second kappa shape index (κ2) is 13.3. The Morgan fingerprint density at radius 2 is 1.86 bits per heavy atom. The van der Waals surface area contributed by atoms with Gasteiger partial charge in [0.05, 0.1) is 12.8 Å². The average molecular weight is 400 g/mol. The lowest BCUT2D eigenvalue weighted by atomic mass is 9.99. The van der Waals surface area contributed by atoms with Crippen LogP contribution < -0.4 is 0 Å². The zero-order chi connectivity index (χ0) is 20.9. The number of hydrogen-bond acceptors (Lipinski definition) is 7. The molecule has 8 nitrogen and oxygen atoms in total. The van der Waals surface area contributed by atoms with Gasteiger partial charge in [0, 0.05) is 6.42 Å². The second-order valence-corrected chi connectivity index (χ2v) is 7.06. The van der Waals surface area contributed by atoms with Gasteiger partial charge in [-0.15, -0.1) is 0 Å². The molecule has 8 heteroatoms. The second-order valence-electron chi connectivity index (χ2n) is 7.06. The van der Waals surface area contributed by atoms with Gasteiger partial charge in [-0.1, -0.05) is 38.7 Å². The van der Waals surface area contributed by atoms with Crippen molar-refractivity contribution < 1.29 is 39.2 Å². The molecule has 1 rings (SSSR count). The highest BCUT2D eigenvalue weighted by Gasteiger charge is 2.29. The fourth-order valence-electron chi connectivity index (χ4n) is 2.94. The van der Waals surface area contributed by atoms with Gasteiger partial charge < -0.3 is 24.8 Å². The van der Waals surface area contributed by atoms with Crippen LogP contribution in [0.5, 0.6) is 0 Å². The molecule has 0 bridgehead atoms. The standard InChI is InChI=1S/C20H32O8/c1-2-3-4-5-6-7-16-20(26)15(21)10-8-14(9-12-19(25)28-16)27-18(24)13-11-17(22)23/h8,10,14-16,20-21,26H,2-7,9,11-13H2,1H3,(H,22,23)/b10-8+/t14-,15+,16-,20+/m0/s1. The molecule has 4 atom stereocenters. The monoisotopic (exact) mass is 400 g/mol. The Morgan fingerprint density at radius 1 is 1.14 bits per heavy atom. The summed E-state index contributed by atoms with van der Waals surface area (Å²) in [6.07, 6.45) is 3.66. The SMILES string of the molecule is CCCCCCC[C@@H]1OC(=O)CC[C@@H](OC(=O)CCC(=O)O)/C=C/[C@@H](O)[C@H]1O. The van der Waals surface area contributed by atoms with E-state index < -0.39 is 42.3 Å². The number of hydrogen-bond donors (Lipinski definition) is 3. The number of carboxylic acid groups (broad SMARTS) is 1. The van der Waals surface area contributed by atoms with Crippen LogP contribution in [0.15, 0.2) is 12.2 Å². The van der Waals surface area contributed by atoms with Crippen molar-refractivity contribution in [2.24, 2.45) is 0 Å². The number of aliphatic hydroxyl groups excluding tert-OH is 2. The van der Waals surface area contributed by atoms with Gasteiger partial charge in [-0.05, 0) is 25.3 Å². The van der Waals surface area contributed by atoms with E-state index in [1.807, 2.05) is 0 Å². The summed E-state index contributed by atoms with van der Waals surface area (Å²) < 4.78 is 10.5. The van der Waals surface area contributed by atoms with Crippen molar-refractivity contribution in [3.05, 3.63) is 12.2 Å². The quantitative estimate of drug-likeness (QED) is 0.289. The maximum atomic E-state index is 12.1. The molecule has 1 aliphatic rings. The first-order valence-electron chi connectivity index (χ1n) is 9.98. The van der Waals surface area contributed by atoms with Crippen molar-refractivity contribution in [2.75, 3.05) is 0 Å². The van der Waals surface area contributed by atoms with E-state index in [0.717, 1.165) is 32.1 Å². The summed E-state index contributed by atoms with van der Waals surface area (Å²) in [5.41, 5.74) is 0. The molecule has 160 valence electrons. The molecule has 0 spiro atoms. The van der Waals surface area contributed by atoms with Gasteiger partial charge in [-0.25, -0.2) is 0 Å². The molecule has 0 amide bonds. The Morgan fingerprint density at radius 3 is 2.54 bits per heavy atom.